The number of carbonyl (C=O) groups excluding carboxylic acids is 1. The highest BCUT2D eigenvalue weighted by Gasteiger charge is 2.08. The predicted molar refractivity (Wildman–Crippen MR) is 82.6 cm³/mol. The number of anilines is 1. The second-order valence-electron chi connectivity index (χ2n) is 4.34. The van der Waals surface area contributed by atoms with Crippen molar-refractivity contribution in [3.8, 4) is 0 Å². The van der Waals surface area contributed by atoms with Gasteiger partial charge in [-0.3, -0.25) is 9.48 Å². The molecule has 0 aliphatic heterocycles. The lowest BCUT2D eigenvalue weighted by molar-refractivity contribution is -0.115. The van der Waals surface area contributed by atoms with Crippen LogP contribution in [0.4, 0.5) is 5.69 Å². The molecule has 0 unspecified atom stereocenters. The zero-order chi connectivity index (χ0) is 15.1. The van der Waals surface area contributed by atoms with E-state index < -0.39 is 0 Å². The highest BCUT2D eigenvalue weighted by atomic mass is 35.5. The molecule has 0 saturated heterocycles. The van der Waals surface area contributed by atoms with Gasteiger partial charge < -0.3 is 10.6 Å². The van der Waals surface area contributed by atoms with Crippen LogP contribution in [-0.2, 0) is 11.3 Å². The summed E-state index contributed by atoms with van der Waals surface area (Å²) in [4.78, 5) is 11.8. The number of aryl methyl sites for hydroxylation is 1. The third-order valence-corrected chi connectivity index (χ3v) is 3.36. The summed E-state index contributed by atoms with van der Waals surface area (Å²) < 4.78 is 1.74. The Hall–Kier alpha value is -1.63. The van der Waals surface area contributed by atoms with E-state index in [1.54, 1.807) is 35.3 Å². The fraction of sp³-hybridized carbons (Fsp3) is 0.308. The Kier molecular flexibility index (Phi) is 5.98. The van der Waals surface area contributed by atoms with Crippen LogP contribution in [0, 0.1) is 0 Å². The number of halogens is 2. The SMILES string of the molecule is O=C(CNCCCn1ccnn1)Nc1c(Cl)cccc1Cl. The number of hydrogen-bond acceptors (Lipinski definition) is 4. The van der Waals surface area contributed by atoms with Crippen LogP contribution in [-0.4, -0.2) is 34.0 Å². The maximum Gasteiger partial charge on any atom is 0.238 e. The molecule has 21 heavy (non-hydrogen) atoms. The third kappa shape index (κ3) is 5.00. The summed E-state index contributed by atoms with van der Waals surface area (Å²) in [5.74, 6) is -0.189. The van der Waals surface area contributed by atoms with Crippen molar-refractivity contribution < 1.29 is 4.79 Å². The molecule has 2 rings (SSSR count). The van der Waals surface area contributed by atoms with Gasteiger partial charge in [0.25, 0.3) is 0 Å². The van der Waals surface area contributed by atoms with Gasteiger partial charge in [-0.25, -0.2) is 0 Å². The number of nitrogens with one attached hydrogen (secondary N) is 2. The molecule has 1 amide bonds. The van der Waals surface area contributed by atoms with Crippen LogP contribution >= 0.6 is 23.2 Å². The number of aromatic nitrogens is 3. The number of hydrogen-bond donors (Lipinski definition) is 2. The van der Waals surface area contributed by atoms with E-state index in [1.165, 1.54) is 0 Å². The highest BCUT2D eigenvalue weighted by molar-refractivity contribution is 6.39. The molecule has 0 saturated carbocycles. The zero-order valence-electron chi connectivity index (χ0n) is 11.2. The molecule has 0 aliphatic carbocycles. The summed E-state index contributed by atoms with van der Waals surface area (Å²) in [5, 5.41) is 14.1. The van der Waals surface area contributed by atoms with Crippen LogP contribution in [0.25, 0.3) is 0 Å². The Morgan fingerprint density at radius 3 is 2.71 bits per heavy atom. The maximum absolute atomic E-state index is 11.8. The average Bonchev–Trinajstić information content (AvgIpc) is 2.96. The van der Waals surface area contributed by atoms with E-state index in [2.05, 4.69) is 20.9 Å². The first-order chi connectivity index (χ1) is 10.2. The van der Waals surface area contributed by atoms with Gasteiger partial charge in [-0.15, -0.1) is 5.10 Å². The lowest BCUT2D eigenvalue weighted by Gasteiger charge is -2.09. The summed E-state index contributed by atoms with van der Waals surface area (Å²) >= 11 is 12.0. The summed E-state index contributed by atoms with van der Waals surface area (Å²) in [6.07, 6.45) is 4.28. The zero-order valence-corrected chi connectivity index (χ0v) is 12.7. The van der Waals surface area contributed by atoms with Crippen molar-refractivity contribution in [2.75, 3.05) is 18.4 Å². The number of rotatable bonds is 7. The monoisotopic (exact) mass is 327 g/mol. The van der Waals surface area contributed by atoms with Gasteiger partial charge in [0.1, 0.15) is 0 Å². The summed E-state index contributed by atoms with van der Waals surface area (Å²) in [6.45, 7) is 1.65. The van der Waals surface area contributed by atoms with E-state index in [0.717, 1.165) is 13.0 Å². The largest absolute Gasteiger partial charge is 0.322 e. The molecule has 1 heterocycles. The molecule has 8 heteroatoms. The molecule has 2 N–H and O–H groups in total. The molecule has 2 aromatic rings. The molecule has 0 atom stereocenters. The van der Waals surface area contributed by atoms with Gasteiger partial charge in [0.2, 0.25) is 5.91 Å². The highest BCUT2D eigenvalue weighted by Crippen LogP contribution is 2.29. The molecule has 0 bridgehead atoms. The number of carbonyl (C=O) groups is 1. The minimum atomic E-state index is -0.189. The molecule has 112 valence electrons. The first-order valence-corrected chi connectivity index (χ1v) is 7.21. The molecule has 0 aliphatic rings. The minimum Gasteiger partial charge on any atom is -0.322 e. The molecule has 0 fully saturated rings. The van der Waals surface area contributed by atoms with Gasteiger partial charge in [-0.05, 0) is 25.1 Å². The number of amides is 1. The maximum atomic E-state index is 11.8. The molecule has 1 aromatic heterocycles. The van der Waals surface area contributed by atoms with Crippen LogP contribution in [0.1, 0.15) is 6.42 Å². The van der Waals surface area contributed by atoms with Crippen LogP contribution < -0.4 is 10.6 Å². The standard InChI is InChI=1S/C13H15Cl2N5O/c14-10-3-1-4-11(15)13(10)18-12(21)9-16-5-2-7-20-8-6-17-19-20/h1,3-4,6,8,16H,2,5,7,9H2,(H,18,21). The lowest BCUT2D eigenvalue weighted by Crippen LogP contribution is -2.29. The van der Waals surface area contributed by atoms with Crippen molar-refractivity contribution in [1.29, 1.82) is 0 Å². The van der Waals surface area contributed by atoms with Crippen LogP contribution in [0.3, 0.4) is 0 Å². The van der Waals surface area contributed by atoms with Gasteiger partial charge in [-0.1, -0.05) is 34.5 Å². The van der Waals surface area contributed by atoms with E-state index in [0.29, 0.717) is 22.3 Å². The number of para-hydroxylation sites is 1. The van der Waals surface area contributed by atoms with Crippen molar-refractivity contribution in [1.82, 2.24) is 20.3 Å². The second-order valence-corrected chi connectivity index (χ2v) is 5.16. The van der Waals surface area contributed by atoms with Crippen LogP contribution in [0.15, 0.2) is 30.6 Å². The van der Waals surface area contributed by atoms with Crippen LogP contribution in [0.2, 0.25) is 10.0 Å². The summed E-state index contributed by atoms with van der Waals surface area (Å²) in [7, 11) is 0. The quantitative estimate of drug-likeness (QED) is 0.765. The Balaban J connectivity index is 1.68. The second kappa shape index (κ2) is 7.97. The average molecular weight is 328 g/mol. The van der Waals surface area contributed by atoms with E-state index >= 15 is 0 Å². The molecule has 0 radical (unpaired) electrons. The molecule has 1 aromatic carbocycles. The lowest BCUT2D eigenvalue weighted by atomic mass is 10.3. The Bertz CT molecular complexity index is 568. The van der Waals surface area contributed by atoms with Crippen molar-refractivity contribution in [2.45, 2.75) is 13.0 Å². The van der Waals surface area contributed by atoms with E-state index in [1.807, 2.05) is 0 Å². The Morgan fingerprint density at radius 1 is 1.29 bits per heavy atom. The smallest absolute Gasteiger partial charge is 0.238 e. The van der Waals surface area contributed by atoms with Gasteiger partial charge in [0, 0.05) is 12.7 Å². The molecule has 6 nitrogen and oxygen atoms in total. The van der Waals surface area contributed by atoms with E-state index in [-0.39, 0.29) is 12.5 Å². The van der Waals surface area contributed by atoms with Gasteiger partial charge in [0.05, 0.1) is 28.5 Å². The van der Waals surface area contributed by atoms with Gasteiger partial charge >= 0.3 is 0 Å². The van der Waals surface area contributed by atoms with Crippen LogP contribution in [0.5, 0.6) is 0 Å². The van der Waals surface area contributed by atoms with Crippen molar-refractivity contribution in [3.05, 3.63) is 40.6 Å². The van der Waals surface area contributed by atoms with E-state index in [9.17, 15) is 4.79 Å². The van der Waals surface area contributed by atoms with Crippen molar-refractivity contribution >= 4 is 34.8 Å². The fourth-order valence-electron chi connectivity index (χ4n) is 1.72. The first-order valence-electron chi connectivity index (χ1n) is 6.45. The summed E-state index contributed by atoms with van der Waals surface area (Å²) in [6, 6.07) is 5.08. The summed E-state index contributed by atoms with van der Waals surface area (Å²) in [5.41, 5.74) is 0.440. The number of benzene rings is 1. The molecular weight excluding hydrogens is 313 g/mol. The molecular formula is C13H15Cl2N5O. The topological polar surface area (TPSA) is 71.8 Å². The van der Waals surface area contributed by atoms with Gasteiger partial charge in [-0.2, -0.15) is 0 Å². The third-order valence-electron chi connectivity index (χ3n) is 2.73. The van der Waals surface area contributed by atoms with Crippen molar-refractivity contribution in [2.24, 2.45) is 0 Å². The minimum absolute atomic E-state index is 0.189. The Morgan fingerprint density at radius 2 is 2.05 bits per heavy atom. The van der Waals surface area contributed by atoms with Crippen molar-refractivity contribution in [3.63, 3.8) is 0 Å². The van der Waals surface area contributed by atoms with Gasteiger partial charge in [0.15, 0.2) is 0 Å². The van der Waals surface area contributed by atoms with E-state index in [4.69, 9.17) is 23.2 Å². The number of nitrogens with zero attached hydrogens (tertiary/aromatic N) is 3. The normalized spacial score (nSPS) is 10.6. The Labute approximate surface area is 132 Å². The molecule has 0 spiro atoms. The first kappa shape index (κ1) is 15.8. The predicted octanol–water partition coefficient (Wildman–Crippen LogP) is 2.20. The fourth-order valence-corrected chi connectivity index (χ4v) is 2.21.